The maximum atomic E-state index is 11.6. The summed E-state index contributed by atoms with van der Waals surface area (Å²) >= 11 is 0.789. The van der Waals surface area contributed by atoms with Crippen LogP contribution in [-0.4, -0.2) is 45.7 Å². The molecule has 0 aliphatic carbocycles. The predicted octanol–water partition coefficient (Wildman–Crippen LogP) is 0.541. The van der Waals surface area contributed by atoms with Gasteiger partial charge in [0.1, 0.15) is 19.7 Å². The van der Waals surface area contributed by atoms with Crippen molar-refractivity contribution >= 4 is 42.2 Å². The third-order valence-electron chi connectivity index (χ3n) is 2.09. The maximum absolute atomic E-state index is 11.6. The topological polar surface area (TPSA) is 118 Å². The molecule has 19 heavy (non-hydrogen) atoms. The zero-order valence-electron chi connectivity index (χ0n) is 10.2. The summed E-state index contributed by atoms with van der Waals surface area (Å²) in [6.07, 6.45) is 0.945. The number of sulfonamides is 1. The van der Waals surface area contributed by atoms with Gasteiger partial charge in [0, 0.05) is 6.26 Å². The first-order valence-electron chi connectivity index (χ1n) is 5.02. The Balaban J connectivity index is 2.84. The molecule has 0 aromatic carbocycles. The minimum absolute atomic E-state index is 0.0424. The van der Waals surface area contributed by atoms with Crippen LogP contribution in [0.2, 0.25) is 0 Å². The van der Waals surface area contributed by atoms with Crippen LogP contribution in [0.15, 0.2) is 6.07 Å². The molecule has 10 heteroatoms. The Labute approximate surface area is 115 Å². The number of nitrogens with one attached hydrogen (secondary N) is 1. The van der Waals surface area contributed by atoms with Crippen molar-refractivity contribution in [1.82, 2.24) is 0 Å². The van der Waals surface area contributed by atoms with E-state index in [2.05, 4.69) is 4.72 Å². The van der Waals surface area contributed by atoms with Crippen molar-refractivity contribution in [2.24, 2.45) is 0 Å². The lowest BCUT2D eigenvalue weighted by atomic mass is 10.3. The number of aryl methyl sites for hydroxylation is 1. The molecular formula is C9H13NO6S3. The highest BCUT2D eigenvalue weighted by Gasteiger charge is 2.18. The Hall–Kier alpha value is -1.13. The van der Waals surface area contributed by atoms with Crippen LogP contribution < -0.4 is 4.72 Å². The standard InChI is InChI=1S/C9H13NO6S3/c1-6-5-7(17-8(6)9(11)12)10-19(15,16)4-3-18(2,13)14/h5,10H,3-4H2,1-2H3,(H,11,12). The van der Waals surface area contributed by atoms with Crippen molar-refractivity contribution in [3.8, 4) is 0 Å². The van der Waals surface area contributed by atoms with E-state index >= 15 is 0 Å². The van der Waals surface area contributed by atoms with Gasteiger partial charge >= 0.3 is 5.97 Å². The van der Waals surface area contributed by atoms with Gasteiger partial charge in [0.15, 0.2) is 0 Å². The van der Waals surface area contributed by atoms with Gasteiger partial charge in [0.2, 0.25) is 10.0 Å². The fourth-order valence-electron chi connectivity index (χ4n) is 1.21. The number of thiophene rings is 1. The van der Waals surface area contributed by atoms with Gasteiger partial charge in [-0.25, -0.2) is 21.6 Å². The fourth-order valence-corrected chi connectivity index (χ4v) is 5.08. The summed E-state index contributed by atoms with van der Waals surface area (Å²) in [7, 11) is -7.18. The Morgan fingerprint density at radius 1 is 1.32 bits per heavy atom. The van der Waals surface area contributed by atoms with Crippen LogP contribution in [0.3, 0.4) is 0 Å². The molecule has 0 saturated carbocycles. The van der Waals surface area contributed by atoms with Crippen LogP contribution in [0.1, 0.15) is 15.2 Å². The predicted molar refractivity (Wildman–Crippen MR) is 73.1 cm³/mol. The van der Waals surface area contributed by atoms with E-state index < -0.39 is 37.3 Å². The molecule has 7 nitrogen and oxygen atoms in total. The van der Waals surface area contributed by atoms with Crippen molar-refractivity contribution in [3.63, 3.8) is 0 Å². The number of anilines is 1. The summed E-state index contributed by atoms with van der Waals surface area (Å²) < 4.78 is 47.2. The molecule has 0 bridgehead atoms. The fraction of sp³-hybridized carbons (Fsp3) is 0.444. The molecule has 108 valence electrons. The SMILES string of the molecule is Cc1cc(NS(=O)(=O)CCS(C)(=O)=O)sc1C(=O)O. The van der Waals surface area contributed by atoms with Crippen LogP contribution in [0.25, 0.3) is 0 Å². The van der Waals surface area contributed by atoms with Crippen molar-refractivity contribution in [2.75, 3.05) is 22.5 Å². The summed E-state index contributed by atoms with van der Waals surface area (Å²) in [6, 6.07) is 1.39. The number of carboxylic acid groups (broad SMARTS) is 1. The second kappa shape index (κ2) is 5.47. The average molecular weight is 327 g/mol. The minimum Gasteiger partial charge on any atom is -0.477 e. The van der Waals surface area contributed by atoms with Gasteiger partial charge in [-0.15, -0.1) is 11.3 Å². The van der Waals surface area contributed by atoms with Crippen molar-refractivity contribution in [1.29, 1.82) is 0 Å². The smallest absolute Gasteiger partial charge is 0.346 e. The number of carbonyl (C=O) groups is 1. The molecule has 0 aliphatic rings. The van der Waals surface area contributed by atoms with Gasteiger partial charge in [-0.05, 0) is 18.6 Å². The van der Waals surface area contributed by atoms with Crippen LogP contribution in [0, 0.1) is 6.92 Å². The molecule has 1 aromatic rings. The van der Waals surface area contributed by atoms with E-state index in [1.54, 1.807) is 6.92 Å². The third-order valence-corrected chi connectivity index (χ3v) is 5.84. The number of hydrogen-bond acceptors (Lipinski definition) is 6. The van der Waals surface area contributed by atoms with Crippen LogP contribution in [-0.2, 0) is 19.9 Å². The Morgan fingerprint density at radius 2 is 1.89 bits per heavy atom. The first kappa shape index (κ1) is 15.9. The molecule has 2 N–H and O–H groups in total. The Morgan fingerprint density at radius 3 is 2.32 bits per heavy atom. The normalized spacial score (nSPS) is 12.3. The molecular weight excluding hydrogens is 314 g/mol. The summed E-state index contributed by atoms with van der Waals surface area (Å²) in [5.74, 6) is -2.19. The molecule has 1 aromatic heterocycles. The highest BCUT2D eigenvalue weighted by Crippen LogP contribution is 2.27. The van der Waals surface area contributed by atoms with Crippen molar-refractivity contribution in [3.05, 3.63) is 16.5 Å². The molecule has 0 amide bonds. The van der Waals surface area contributed by atoms with E-state index in [0.717, 1.165) is 17.6 Å². The molecule has 1 rings (SSSR count). The lowest BCUT2D eigenvalue weighted by molar-refractivity contribution is 0.0701. The van der Waals surface area contributed by atoms with Crippen molar-refractivity contribution in [2.45, 2.75) is 6.92 Å². The highest BCUT2D eigenvalue weighted by atomic mass is 32.2. The van der Waals surface area contributed by atoms with E-state index in [4.69, 9.17) is 5.11 Å². The Kier molecular flexibility index (Phi) is 4.59. The average Bonchev–Trinajstić information content (AvgIpc) is 2.55. The zero-order chi connectivity index (χ0) is 14.8. The van der Waals surface area contributed by atoms with Gasteiger partial charge in [0.25, 0.3) is 0 Å². The monoisotopic (exact) mass is 327 g/mol. The largest absolute Gasteiger partial charge is 0.477 e. The molecule has 0 atom stereocenters. The second-order valence-electron chi connectivity index (χ2n) is 3.98. The quantitative estimate of drug-likeness (QED) is 0.787. The number of sulfone groups is 1. The van der Waals surface area contributed by atoms with Gasteiger partial charge in [-0.1, -0.05) is 0 Å². The zero-order valence-corrected chi connectivity index (χ0v) is 12.7. The van der Waals surface area contributed by atoms with Gasteiger partial charge in [0.05, 0.1) is 11.5 Å². The molecule has 1 heterocycles. The molecule has 0 spiro atoms. The number of aromatic carboxylic acids is 1. The number of hydrogen-bond donors (Lipinski definition) is 2. The molecule has 0 aliphatic heterocycles. The van der Waals surface area contributed by atoms with E-state index in [-0.39, 0.29) is 9.88 Å². The lowest BCUT2D eigenvalue weighted by Crippen LogP contribution is -2.21. The first-order valence-corrected chi connectivity index (χ1v) is 9.55. The van der Waals surface area contributed by atoms with Crippen LogP contribution >= 0.6 is 11.3 Å². The van der Waals surface area contributed by atoms with Gasteiger partial charge in [-0.3, -0.25) is 4.72 Å². The lowest BCUT2D eigenvalue weighted by Gasteiger charge is -2.04. The van der Waals surface area contributed by atoms with Crippen LogP contribution in [0.4, 0.5) is 5.00 Å². The molecule has 0 fully saturated rings. The molecule has 0 unspecified atom stereocenters. The summed E-state index contributed by atoms with van der Waals surface area (Å²) in [4.78, 5) is 10.9. The Bertz CT molecular complexity index is 686. The van der Waals surface area contributed by atoms with Crippen LogP contribution in [0.5, 0.6) is 0 Å². The maximum Gasteiger partial charge on any atom is 0.346 e. The van der Waals surface area contributed by atoms with Gasteiger partial charge < -0.3 is 5.11 Å². The van der Waals surface area contributed by atoms with Gasteiger partial charge in [-0.2, -0.15) is 0 Å². The first-order chi connectivity index (χ1) is 8.50. The van der Waals surface area contributed by atoms with Crippen molar-refractivity contribution < 1.29 is 26.7 Å². The van der Waals surface area contributed by atoms with E-state index in [1.807, 2.05) is 0 Å². The molecule has 0 saturated heterocycles. The molecule has 0 radical (unpaired) electrons. The number of carboxylic acids is 1. The van der Waals surface area contributed by atoms with E-state index in [0.29, 0.717) is 5.56 Å². The summed E-state index contributed by atoms with van der Waals surface area (Å²) in [5, 5.41) is 9.00. The van der Waals surface area contributed by atoms with E-state index in [9.17, 15) is 21.6 Å². The summed E-state index contributed by atoms with van der Waals surface area (Å²) in [5.41, 5.74) is 0.443. The van der Waals surface area contributed by atoms with E-state index in [1.165, 1.54) is 6.07 Å². The third kappa shape index (κ3) is 5.17. The minimum atomic E-state index is -3.81. The second-order valence-corrected chi connectivity index (χ2v) is 9.13. The number of rotatable bonds is 6. The highest BCUT2D eigenvalue weighted by molar-refractivity contribution is 7.95. The summed E-state index contributed by atoms with van der Waals surface area (Å²) in [6.45, 7) is 1.55.